The number of hydrogen-bond donors (Lipinski definition) is 1. The Hall–Kier alpha value is -0.850. The van der Waals surface area contributed by atoms with Crippen molar-refractivity contribution in [3.8, 4) is 0 Å². The second-order valence-electron chi connectivity index (χ2n) is 7.13. The van der Waals surface area contributed by atoms with Gasteiger partial charge in [0.05, 0.1) is 6.61 Å². The van der Waals surface area contributed by atoms with E-state index in [1.165, 1.54) is 5.56 Å². The lowest BCUT2D eigenvalue weighted by atomic mass is 9.92. The summed E-state index contributed by atoms with van der Waals surface area (Å²) in [5.74, 6) is 0.763. The van der Waals surface area contributed by atoms with Gasteiger partial charge in [0.2, 0.25) is 0 Å². The van der Waals surface area contributed by atoms with Crippen LogP contribution in [-0.4, -0.2) is 60.6 Å². The fraction of sp³-hybridized carbons (Fsp3) is 0.632. The van der Waals surface area contributed by atoms with Crippen LogP contribution in [0.5, 0.6) is 0 Å². The normalized spacial score (nSPS) is 26.5. The molecular formula is C19H31Cl2N3O2. The van der Waals surface area contributed by atoms with Crippen molar-refractivity contribution in [1.82, 2.24) is 9.80 Å². The second-order valence-corrected chi connectivity index (χ2v) is 7.13. The van der Waals surface area contributed by atoms with Crippen molar-refractivity contribution in [2.45, 2.75) is 38.5 Å². The first-order chi connectivity index (χ1) is 11.7. The van der Waals surface area contributed by atoms with Crippen molar-refractivity contribution in [2.24, 2.45) is 11.7 Å². The molecule has 0 bridgehead atoms. The zero-order valence-corrected chi connectivity index (χ0v) is 17.0. The monoisotopic (exact) mass is 403 g/mol. The molecule has 148 valence electrons. The zero-order chi connectivity index (χ0) is 16.9. The molecule has 5 nitrogen and oxygen atoms in total. The highest BCUT2D eigenvalue weighted by Crippen LogP contribution is 2.24. The summed E-state index contributed by atoms with van der Waals surface area (Å²) < 4.78 is 5.81. The molecule has 2 fully saturated rings. The van der Waals surface area contributed by atoms with E-state index < -0.39 is 0 Å². The Kier molecular flexibility index (Phi) is 9.90. The second kappa shape index (κ2) is 11.1. The highest BCUT2D eigenvalue weighted by molar-refractivity contribution is 5.85. The third-order valence-electron chi connectivity index (χ3n) is 5.21. The van der Waals surface area contributed by atoms with Crippen LogP contribution >= 0.6 is 24.8 Å². The number of nitrogens with zero attached hydrogens (tertiary/aromatic N) is 2. The van der Waals surface area contributed by atoms with Crippen molar-refractivity contribution in [3.63, 3.8) is 0 Å². The van der Waals surface area contributed by atoms with Gasteiger partial charge in [-0.2, -0.15) is 0 Å². The number of ether oxygens (including phenoxy) is 1. The zero-order valence-electron chi connectivity index (χ0n) is 15.4. The summed E-state index contributed by atoms with van der Waals surface area (Å²) in [5, 5.41) is 0. The Morgan fingerprint density at radius 1 is 1.23 bits per heavy atom. The van der Waals surface area contributed by atoms with Gasteiger partial charge in [-0.3, -0.25) is 9.69 Å². The van der Waals surface area contributed by atoms with E-state index in [1.54, 1.807) is 0 Å². The summed E-state index contributed by atoms with van der Waals surface area (Å²) in [5.41, 5.74) is 7.18. The number of carbonyl (C=O) groups excluding carboxylic acids is 1. The van der Waals surface area contributed by atoms with Crippen molar-refractivity contribution in [1.29, 1.82) is 0 Å². The summed E-state index contributed by atoms with van der Waals surface area (Å²) in [6.07, 6.45) is 1.70. The van der Waals surface area contributed by atoms with Crippen LogP contribution in [0.3, 0.4) is 0 Å². The number of benzene rings is 1. The molecule has 3 unspecified atom stereocenters. The molecular weight excluding hydrogens is 373 g/mol. The number of piperidine rings is 1. The first-order valence-electron chi connectivity index (χ1n) is 9.05. The molecule has 0 radical (unpaired) electrons. The molecule has 2 aliphatic heterocycles. The molecule has 0 spiro atoms. The predicted molar refractivity (Wildman–Crippen MR) is 109 cm³/mol. The smallest absolute Gasteiger partial charge is 0.253 e. The van der Waals surface area contributed by atoms with Gasteiger partial charge in [0.25, 0.3) is 5.91 Å². The maximum atomic E-state index is 12.9. The molecule has 3 rings (SSSR count). The van der Waals surface area contributed by atoms with Crippen LogP contribution in [0.1, 0.15) is 25.3 Å². The molecule has 2 aliphatic rings. The summed E-state index contributed by atoms with van der Waals surface area (Å²) in [4.78, 5) is 17.2. The Morgan fingerprint density at radius 3 is 2.65 bits per heavy atom. The van der Waals surface area contributed by atoms with E-state index >= 15 is 0 Å². The average molecular weight is 404 g/mol. The van der Waals surface area contributed by atoms with Gasteiger partial charge in [-0.1, -0.05) is 37.3 Å². The quantitative estimate of drug-likeness (QED) is 0.837. The minimum Gasteiger partial charge on any atom is -0.366 e. The van der Waals surface area contributed by atoms with Crippen molar-refractivity contribution in [2.75, 3.05) is 32.8 Å². The van der Waals surface area contributed by atoms with Crippen LogP contribution in [0.15, 0.2) is 30.3 Å². The molecule has 2 heterocycles. The van der Waals surface area contributed by atoms with Gasteiger partial charge < -0.3 is 15.4 Å². The molecule has 2 N–H and O–H groups in total. The molecule has 7 heteroatoms. The largest absolute Gasteiger partial charge is 0.366 e. The first-order valence-corrected chi connectivity index (χ1v) is 9.05. The number of rotatable bonds is 4. The molecule has 3 atom stereocenters. The van der Waals surface area contributed by atoms with Gasteiger partial charge in [-0.15, -0.1) is 24.8 Å². The third kappa shape index (κ3) is 5.83. The van der Waals surface area contributed by atoms with E-state index in [4.69, 9.17) is 10.5 Å². The van der Waals surface area contributed by atoms with Gasteiger partial charge in [0.1, 0.15) is 6.10 Å². The van der Waals surface area contributed by atoms with E-state index in [1.807, 2.05) is 11.0 Å². The fourth-order valence-corrected chi connectivity index (χ4v) is 3.79. The lowest BCUT2D eigenvalue weighted by molar-refractivity contribution is -0.153. The van der Waals surface area contributed by atoms with E-state index in [-0.39, 0.29) is 42.9 Å². The summed E-state index contributed by atoms with van der Waals surface area (Å²) in [6, 6.07) is 10.6. The number of carbonyl (C=O) groups is 1. The number of amides is 1. The molecule has 1 amide bonds. The number of likely N-dealkylation sites (tertiary alicyclic amines) is 1. The molecule has 0 aliphatic carbocycles. The molecule has 1 aromatic rings. The van der Waals surface area contributed by atoms with E-state index in [9.17, 15) is 4.79 Å². The van der Waals surface area contributed by atoms with Gasteiger partial charge >= 0.3 is 0 Å². The first kappa shape index (κ1) is 23.2. The molecule has 0 saturated carbocycles. The molecule has 0 aromatic heterocycles. The van der Waals surface area contributed by atoms with Gasteiger partial charge in [0.15, 0.2) is 0 Å². The van der Waals surface area contributed by atoms with Gasteiger partial charge in [-0.25, -0.2) is 0 Å². The number of halogens is 2. The maximum absolute atomic E-state index is 12.9. The highest BCUT2D eigenvalue weighted by Gasteiger charge is 2.35. The minimum absolute atomic E-state index is 0. The van der Waals surface area contributed by atoms with E-state index in [0.29, 0.717) is 25.6 Å². The SMILES string of the molecule is CC1CCN(C(=O)C2CN(Cc3ccccc3)CCO2)C(CN)C1.Cl.Cl. The average Bonchev–Trinajstić information content (AvgIpc) is 2.62. The fourth-order valence-electron chi connectivity index (χ4n) is 3.79. The van der Waals surface area contributed by atoms with Gasteiger partial charge in [0, 0.05) is 38.8 Å². The van der Waals surface area contributed by atoms with Crippen LogP contribution in [0.2, 0.25) is 0 Å². The number of hydrogen-bond acceptors (Lipinski definition) is 4. The Labute approximate surface area is 169 Å². The summed E-state index contributed by atoms with van der Waals surface area (Å²) in [7, 11) is 0. The molecule has 2 saturated heterocycles. The highest BCUT2D eigenvalue weighted by atomic mass is 35.5. The number of morpholine rings is 1. The Morgan fingerprint density at radius 2 is 1.96 bits per heavy atom. The predicted octanol–water partition coefficient (Wildman–Crippen LogP) is 2.32. The van der Waals surface area contributed by atoms with Crippen molar-refractivity contribution in [3.05, 3.63) is 35.9 Å². The summed E-state index contributed by atoms with van der Waals surface area (Å²) >= 11 is 0. The van der Waals surface area contributed by atoms with Crippen LogP contribution in [-0.2, 0) is 16.1 Å². The maximum Gasteiger partial charge on any atom is 0.253 e. The van der Waals surface area contributed by atoms with Crippen molar-refractivity contribution < 1.29 is 9.53 Å². The lowest BCUT2D eigenvalue weighted by Gasteiger charge is -2.41. The standard InChI is InChI=1S/C19H29N3O2.2ClH/c1-15-7-8-22(17(11-15)12-20)19(23)18-14-21(9-10-24-18)13-16-5-3-2-4-6-16;;/h2-6,15,17-18H,7-14,20H2,1H3;2*1H. The number of nitrogens with two attached hydrogens (primary N) is 1. The van der Waals surface area contributed by atoms with Crippen molar-refractivity contribution >= 4 is 30.7 Å². The topological polar surface area (TPSA) is 58.8 Å². The third-order valence-corrected chi connectivity index (χ3v) is 5.21. The molecule has 1 aromatic carbocycles. The van der Waals surface area contributed by atoms with Crippen LogP contribution in [0.4, 0.5) is 0 Å². The van der Waals surface area contributed by atoms with Gasteiger partial charge in [-0.05, 0) is 24.3 Å². The van der Waals surface area contributed by atoms with E-state index in [2.05, 4.69) is 36.1 Å². The summed E-state index contributed by atoms with van der Waals surface area (Å²) in [6.45, 7) is 6.60. The molecule has 26 heavy (non-hydrogen) atoms. The Bertz CT molecular complexity index is 547. The lowest BCUT2D eigenvalue weighted by Crippen LogP contribution is -2.56. The Balaban J connectivity index is 0.00000169. The van der Waals surface area contributed by atoms with Crippen LogP contribution in [0, 0.1) is 5.92 Å². The minimum atomic E-state index is -0.357. The van der Waals surface area contributed by atoms with Crippen LogP contribution in [0.25, 0.3) is 0 Å². The van der Waals surface area contributed by atoms with Crippen LogP contribution < -0.4 is 5.73 Å². The van der Waals surface area contributed by atoms with E-state index in [0.717, 1.165) is 32.5 Å².